The van der Waals surface area contributed by atoms with Crippen molar-refractivity contribution in [3.8, 4) is 5.75 Å². The van der Waals surface area contributed by atoms with E-state index in [1.807, 2.05) is 19.1 Å². The average Bonchev–Trinajstić information content (AvgIpc) is 3.04. The monoisotopic (exact) mass is 417 g/mol. The molecule has 3 aromatic rings. The third-order valence-corrected chi connectivity index (χ3v) is 5.38. The number of benzene rings is 3. The molecule has 1 amide bonds. The third-order valence-electron chi connectivity index (χ3n) is 5.38. The fourth-order valence-corrected chi connectivity index (χ4v) is 3.81. The Morgan fingerprint density at radius 3 is 2.39 bits per heavy atom. The lowest BCUT2D eigenvalue weighted by molar-refractivity contribution is -0.132. The Morgan fingerprint density at radius 2 is 1.71 bits per heavy atom. The zero-order chi connectivity index (χ0) is 22.1. The number of hydrogen-bond acceptors (Lipinski definition) is 4. The Morgan fingerprint density at radius 1 is 1.00 bits per heavy atom. The van der Waals surface area contributed by atoms with Crippen LogP contribution in [0.5, 0.6) is 5.75 Å². The molecule has 6 heteroatoms. The summed E-state index contributed by atoms with van der Waals surface area (Å²) in [6.07, 6.45) is 0. The molecule has 4 rings (SSSR count). The molecule has 1 atom stereocenters. The number of aliphatic hydroxyl groups is 1. The molecule has 0 spiro atoms. The molecule has 31 heavy (non-hydrogen) atoms. The van der Waals surface area contributed by atoms with E-state index in [9.17, 15) is 19.1 Å². The summed E-state index contributed by atoms with van der Waals surface area (Å²) in [5.74, 6) is -1.84. The van der Waals surface area contributed by atoms with Gasteiger partial charge >= 0.3 is 0 Å². The average molecular weight is 417 g/mol. The zero-order valence-electron chi connectivity index (χ0n) is 17.0. The number of aliphatic hydroxyl groups excluding tert-OH is 1. The number of ether oxygens (including phenoxy) is 1. The van der Waals surface area contributed by atoms with Crippen molar-refractivity contribution in [1.82, 2.24) is 0 Å². The van der Waals surface area contributed by atoms with Crippen molar-refractivity contribution in [2.45, 2.75) is 13.0 Å². The Kier molecular flexibility index (Phi) is 5.29. The molecule has 1 aliphatic heterocycles. The van der Waals surface area contributed by atoms with Crippen LogP contribution in [0.15, 0.2) is 78.4 Å². The van der Waals surface area contributed by atoms with Gasteiger partial charge in [-0.2, -0.15) is 0 Å². The highest BCUT2D eigenvalue weighted by Crippen LogP contribution is 2.43. The van der Waals surface area contributed by atoms with Crippen LogP contribution in [-0.4, -0.2) is 23.9 Å². The van der Waals surface area contributed by atoms with Gasteiger partial charge in [-0.1, -0.05) is 36.4 Å². The van der Waals surface area contributed by atoms with E-state index in [0.29, 0.717) is 22.6 Å². The van der Waals surface area contributed by atoms with Gasteiger partial charge in [-0.15, -0.1) is 0 Å². The van der Waals surface area contributed by atoms with Gasteiger partial charge in [0.15, 0.2) is 0 Å². The Balaban J connectivity index is 1.96. The lowest BCUT2D eigenvalue weighted by Crippen LogP contribution is -2.29. The van der Waals surface area contributed by atoms with E-state index in [0.717, 1.165) is 5.56 Å². The van der Waals surface area contributed by atoms with Crippen molar-refractivity contribution >= 4 is 23.1 Å². The maximum Gasteiger partial charge on any atom is 0.300 e. The first-order chi connectivity index (χ1) is 14.9. The number of anilines is 1. The summed E-state index contributed by atoms with van der Waals surface area (Å²) in [6.45, 7) is 1.87. The second-order valence-corrected chi connectivity index (χ2v) is 7.23. The molecule has 1 N–H and O–H groups in total. The van der Waals surface area contributed by atoms with Crippen LogP contribution in [0.1, 0.15) is 22.7 Å². The van der Waals surface area contributed by atoms with E-state index in [1.165, 1.54) is 36.3 Å². The van der Waals surface area contributed by atoms with E-state index >= 15 is 0 Å². The maximum atomic E-state index is 13.5. The Labute approximate surface area is 179 Å². The summed E-state index contributed by atoms with van der Waals surface area (Å²) in [5, 5.41) is 11.1. The predicted octanol–water partition coefficient (Wildman–Crippen LogP) is 4.77. The van der Waals surface area contributed by atoms with Crippen LogP contribution in [0.4, 0.5) is 10.1 Å². The number of carbonyl (C=O) groups is 2. The van der Waals surface area contributed by atoms with Crippen LogP contribution in [0.3, 0.4) is 0 Å². The van der Waals surface area contributed by atoms with Gasteiger partial charge in [-0.05, 0) is 54.4 Å². The van der Waals surface area contributed by atoms with Crippen molar-refractivity contribution in [2.75, 3.05) is 12.0 Å². The van der Waals surface area contributed by atoms with Gasteiger partial charge in [0.2, 0.25) is 0 Å². The molecule has 0 aliphatic carbocycles. The topological polar surface area (TPSA) is 66.8 Å². The number of amides is 1. The summed E-state index contributed by atoms with van der Waals surface area (Å²) >= 11 is 0. The molecule has 156 valence electrons. The number of ketones is 1. The molecular formula is C25H20FNO4. The highest BCUT2D eigenvalue weighted by molar-refractivity contribution is 6.51. The first kappa shape index (κ1) is 20.3. The Bertz CT molecular complexity index is 1200. The number of carbonyl (C=O) groups excluding carboxylic acids is 2. The molecule has 0 saturated carbocycles. The highest BCUT2D eigenvalue weighted by Gasteiger charge is 2.47. The van der Waals surface area contributed by atoms with Crippen LogP contribution >= 0.6 is 0 Å². The summed E-state index contributed by atoms with van der Waals surface area (Å²) < 4.78 is 18.7. The molecule has 5 nitrogen and oxygen atoms in total. The zero-order valence-corrected chi connectivity index (χ0v) is 17.0. The van der Waals surface area contributed by atoms with Crippen LogP contribution in [-0.2, 0) is 9.59 Å². The second kappa shape index (κ2) is 8.07. The molecule has 1 fully saturated rings. The fourth-order valence-electron chi connectivity index (χ4n) is 3.81. The summed E-state index contributed by atoms with van der Waals surface area (Å²) in [6, 6.07) is 18.4. The minimum absolute atomic E-state index is 0.0307. The number of aryl methyl sites for hydroxylation is 1. The number of Topliss-reactive ketones (excluding diaryl/α,β-unsaturated/α-hetero) is 1. The Hall–Kier alpha value is -3.93. The van der Waals surface area contributed by atoms with Gasteiger partial charge in [0, 0.05) is 11.3 Å². The van der Waals surface area contributed by atoms with E-state index in [-0.39, 0.29) is 11.3 Å². The molecule has 0 bridgehead atoms. The van der Waals surface area contributed by atoms with E-state index in [4.69, 9.17) is 4.74 Å². The van der Waals surface area contributed by atoms with Gasteiger partial charge in [-0.3, -0.25) is 14.5 Å². The van der Waals surface area contributed by atoms with E-state index < -0.39 is 23.5 Å². The predicted molar refractivity (Wildman–Crippen MR) is 115 cm³/mol. The van der Waals surface area contributed by atoms with Gasteiger partial charge in [0.1, 0.15) is 17.3 Å². The first-order valence-electron chi connectivity index (χ1n) is 9.69. The number of rotatable bonds is 4. The quantitative estimate of drug-likeness (QED) is 0.377. The normalized spacial score (nSPS) is 17.8. The van der Waals surface area contributed by atoms with Gasteiger partial charge in [0.05, 0.1) is 18.7 Å². The number of methoxy groups -OCH3 is 1. The van der Waals surface area contributed by atoms with Crippen LogP contribution in [0.2, 0.25) is 0 Å². The molecule has 1 unspecified atom stereocenters. The third kappa shape index (κ3) is 3.57. The standard InChI is InChI=1S/C25H20FNO4/c1-15-6-3-4-9-20(15)22-21(23(28)16-7-5-8-19(14-16)31-2)24(29)25(30)27(22)18-12-10-17(26)11-13-18/h3-14,22,28H,1-2H3/b23-21+. The lowest BCUT2D eigenvalue weighted by atomic mass is 9.92. The molecule has 1 aliphatic rings. The second-order valence-electron chi connectivity index (χ2n) is 7.23. The number of nitrogens with zero attached hydrogens (tertiary/aromatic N) is 1. The molecule has 0 aromatic heterocycles. The maximum absolute atomic E-state index is 13.5. The van der Waals surface area contributed by atoms with Gasteiger partial charge < -0.3 is 9.84 Å². The van der Waals surface area contributed by atoms with Crippen molar-refractivity contribution < 1.29 is 23.8 Å². The minimum atomic E-state index is -0.863. The molecule has 1 heterocycles. The lowest BCUT2D eigenvalue weighted by Gasteiger charge is -2.26. The van der Waals surface area contributed by atoms with Crippen LogP contribution in [0.25, 0.3) is 5.76 Å². The smallest absolute Gasteiger partial charge is 0.300 e. The minimum Gasteiger partial charge on any atom is -0.507 e. The SMILES string of the molecule is COc1cccc(/C(O)=C2\C(=O)C(=O)N(c3ccc(F)cc3)C2c2ccccc2C)c1. The van der Waals surface area contributed by atoms with Gasteiger partial charge in [0.25, 0.3) is 11.7 Å². The number of halogens is 1. The first-order valence-corrected chi connectivity index (χ1v) is 9.69. The van der Waals surface area contributed by atoms with Crippen molar-refractivity contribution in [2.24, 2.45) is 0 Å². The van der Waals surface area contributed by atoms with E-state index in [1.54, 1.807) is 36.4 Å². The summed E-state index contributed by atoms with van der Waals surface area (Å²) in [4.78, 5) is 27.5. The molecule has 0 radical (unpaired) electrons. The highest BCUT2D eigenvalue weighted by atomic mass is 19.1. The number of hydrogen-bond donors (Lipinski definition) is 1. The van der Waals surface area contributed by atoms with Crippen molar-refractivity contribution in [3.63, 3.8) is 0 Å². The summed E-state index contributed by atoms with van der Waals surface area (Å²) in [7, 11) is 1.50. The van der Waals surface area contributed by atoms with Crippen molar-refractivity contribution in [1.29, 1.82) is 0 Å². The van der Waals surface area contributed by atoms with Crippen molar-refractivity contribution in [3.05, 3.63) is 101 Å². The fraction of sp³-hybridized carbons (Fsp3) is 0.120. The summed E-state index contributed by atoms with van der Waals surface area (Å²) in [5.41, 5.74) is 2.22. The van der Waals surface area contributed by atoms with E-state index in [2.05, 4.69) is 0 Å². The van der Waals surface area contributed by atoms with Crippen LogP contribution < -0.4 is 9.64 Å². The van der Waals surface area contributed by atoms with Gasteiger partial charge in [-0.25, -0.2) is 4.39 Å². The largest absolute Gasteiger partial charge is 0.507 e. The molecule has 3 aromatic carbocycles. The molecule has 1 saturated heterocycles. The van der Waals surface area contributed by atoms with Crippen LogP contribution in [0, 0.1) is 12.7 Å². The molecular weight excluding hydrogens is 397 g/mol.